The molecule has 0 unspecified atom stereocenters. The normalized spacial score (nSPS) is 18.2. The molecular formula is C22H22FN7O6S. The van der Waals surface area contributed by atoms with Crippen LogP contribution >= 0.6 is 0 Å². The average Bonchev–Trinajstić information content (AvgIpc) is 3.64. The van der Waals surface area contributed by atoms with Crippen LogP contribution in [0.3, 0.4) is 0 Å². The van der Waals surface area contributed by atoms with E-state index in [-0.39, 0.29) is 24.2 Å². The van der Waals surface area contributed by atoms with E-state index in [1.807, 2.05) is 0 Å². The van der Waals surface area contributed by atoms with Crippen LogP contribution in [-0.2, 0) is 14.9 Å². The second-order valence-corrected chi connectivity index (χ2v) is 9.80. The predicted octanol–water partition coefficient (Wildman–Crippen LogP) is 2.20. The van der Waals surface area contributed by atoms with Crippen molar-refractivity contribution >= 4 is 16.0 Å². The number of rotatable bonds is 8. The van der Waals surface area contributed by atoms with Crippen molar-refractivity contribution in [3.8, 4) is 28.8 Å². The lowest BCUT2D eigenvalue weighted by atomic mass is 10.2. The first-order chi connectivity index (χ1) is 17.8. The summed E-state index contributed by atoms with van der Waals surface area (Å²) in [5, 5.41) is 8.42. The summed E-state index contributed by atoms with van der Waals surface area (Å²) in [5.74, 6) is 0.551. The van der Waals surface area contributed by atoms with Gasteiger partial charge in [0.25, 0.3) is 0 Å². The molecule has 0 radical (unpaired) electrons. The molecule has 4 heterocycles. The van der Waals surface area contributed by atoms with E-state index in [9.17, 15) is 12.8 Å². The van der Waals surface area contributed by atoms with Gasteiger partial charge >= 0.3 is 0 Å². The van der Waals surface area contributed by atoms with Crippen molar-refractivity contribution in [2.24, 2.45) is 0 Å². The molecule has 37 heavy (non-hydrogen) atoms. The summed E-state index contributed by atoms with van der Waals surface area (Å²) in [6.07, 6.45) is 3.38. The molecule has 4 aromatic rings. The SMILES string of the molecule is COc1cccc(OC)c1-n1c(NS(=O)(=O)[C@@H]2CON(C)[C@H]2c2ncc(F)cn2)nnc1-c1ccco1. The summed E-state index contributed by atoms with van der Waals surface area (Å²) in [5.41, 5.74) is 0.347. The minimum atomic E-state index is -4.20. The van der Waals surface area contributed by atoms with Gasteiger partial charge in [-0.1, -0.05) is 6.07 Å². The Morgan fingerprint density at radius 3 is 2.41 bits per heavy atom. The van der Waals surface area contributed by atoms with Gasteiger partial charge in [0.1, 0.15) is 34.3 Å². The molecule has 0 saturated carbocycles. The Balaban J connectivity index is 1.60. The molecule has 0 aliphatic carbocycles. The summed E-state index contributed by atoms with van der Waals surface area (Å²) in [7, 11) is 0.282. The molecule has 13 nitrogen and oxygen atoms in total. The molecule has 5 rings (SSSR count). The Bertz CT molecular complexity index is 1470. The molecule has 0 spiro atoms. The number of ether oxygens (including phenoxy) is 2. The lowest BCUT2D eigenvalue weighted by Gasteiger charge is -2.22. The monoisotopic (exact) mass is 531 g/mol. The maximum absolute atomic E-state index is 13.7. The summed E-state index contributed by atoms with van der Waals surface area (Å²) >= 11 is 0. The molecular weight excluding hydrogens is 509 g/mol. The second kappa shape index (κ2) is 9.76. The van der Waals surface area contributed by atoms with Crippen LogP contribution in [0.25, 0.3) is 17.3 Å². The number of furan rings is 1. The van der Waals surface area contributed by atoms with Gasteiger partial charge in [0.2, 0.25) is 21.8 Å². The lowest BCUT2D eigenvalue weighted by molar-refractivity contribution is -0.112. The molecule has 1 aliphatic heterocycles. The zero-order valence-electron chi connectivity index (χ0n) is 19.9. The second-order valence-electron chi connectivity index (χ2n) is 7.90. The van der Waals surface area contributed by atoms with Gasteiger partial charge in [-0.25, -0.2) is 22.8 Å². The van der Waals surface area contributed by atoms with Crippen LogP contribution in [0.5, 0.6) is 11.5 Å². The van der Waals surface area contributed by atoms with Crippen LogP contribution in [0.15, 0.2) is 53.4 Å². The fourth-order valence-corrected chi connectivity index (χ4v) is 5.45. The van der Waals surface area contributed by atoms with Gasteiger partial charge in [-0.05, 0) is 24.3 Å². The van der Waals surface area contributed by atoms with Gasteiger partial charge < -0.3 is 13.9 Å². The molecule has 1 N–H and O–H groups in total. The number of aromatic nitrogens is 5. The molecule has 0 bridgehead atoms. The van der Waals surface area contributed by atoms with Crippen LogP contribution in [0.1, 0.15) is 11.9 Å². The Kier molecular flexibility index (Phi) is 6.49. The number of methoxy groups -OCH3 is 2. The highest BCUT2D eigenvalue weighted by molar-refractivity contribution is 7.93. The zero-order valence-corrected chi connectivity index (χ0v) is 20.7. The first-order valence-corrected chi connectivity index (χ1v) is 12.4. The van der Waals surface area contributed by atoms with Gasteiger partial charge in [-0.15, -0.1) is 10.2 Å². The third-order valence-corrected chi connectivity index (χ3v) is 7.41. The minimum Gasteiger partial charge on any atom is -0.494 e. The number of benzene rings is 1. The molecule has 15 heteroatoms. The molecule has 0 amide bonds. The number of sulfonamides is 1. The first kappa shape index (κ1) is 24.6. The van der Waals surface area contributed by atoms with Crippen molar-refractivity contribution in [1.29, 1.82) is 0 Å². The van der Waals surface area contributed by atoms with Gasteiger partial charge in [0.05, 0.1) is 39.5 Å². The number of nitrogens with one attached hydrogen (secondary N) is 1. The number of hydrogen-bond donors (Lipinski definition) is 1. The van der Waals surface area contributed by atoms with Gasteiger partial charge in [0.15, 0.2) is 11.6 Å². The summed E-state index contributed by atoms with van der Waals surface area (Å²) < 4.78 is 61.3. The maximum atomic E-state index is 13.7. The predicted molar refractivity (Wildman–Crippen MR) is 127 cm³/mol. The molecule has 1 fully saturated rings. The van der Waals surface area contributed by atoms with Crippen LogP contribution in [0.4, 0.5) is 10.3 Å². The van der Waals surface area contributed by atoms with Crippen molar-refractivity contribution in [3.63, 3.8) is 0 Å². The highest BCUT2D eigenvalue weighted by atomic mass is 32.2. The van der Waals surface area contributed by atoms with Gasteiger partial charge in [0, 0.05) is 7.05 Å². The van der Waals surface area contributed by atoms with E-state index in [4.69, 9.17) is 18.7 Å². The molecule has 1 aliphatic rings. The quantitative estimate of drug-likeness (QED) is 0.357. The topological polar surface area (TPSA) is 147 Å². The first-order valence-electron chi connectivity index (χ1n) is 10.9. The van der Waals surface area contributed by atoms with E-state index in [1.54, 1.807) is 37.4 Å². The molecule has 3 aromatic heterocycles. The molecule has 1 aromatic carbocycles. The van der Waals surface area contributed by atoms with Crippen molar-refractivity contribution in [2.45, 2.75) is 11.3 Å². The highest BCUT2D eigenvalue weighted by Gasteiger charge is 2.45. The third-order valence-electron chi connectivity index (χ3n) is 5.75. The van der Waals surface area contributed by atoms with E-state index < -0.39 is 27.1 Å². The maximum Gasteiger partial charge on any atom is 0.243 e. The van der Waals surface area contributed by atoms with Gasteiger partial charge in [-0.3, -0.25) is 14.1 Å². The lowest BCUT2D eigenvalue weighted by Crippen LogP contribution is -2.36. The third kappa shape index (κ3) is 4.47. The fourth-order valence-electron chi connectivity index (χ4n) is 4.04. The Hall–Kier alpha value is -4.08. The molecule has 194 valence electrons. The fraction of sp³-hybridized carbons (Fsp3) is 0.273. The number of para-hydroxylation sites is 1. The van der Waals surface area contributed by atoms with Crippen molar-refractivity contribution in [3.05, 3.63) is 60.6 Å². The standard InChI is InChI=1S/C22H22FN7O6S/c1-29-19(20-24-10-13(23)11-25-20)17(12-36-29)37(31,32)28-22-27-26-21(16-8-5-9-35-16)30(22)18-14(33-2)6-4-7-15(18)34-3/h4-11,17,19H,12H2,1-3H3,(H,27,28)/t17-,19-/m1/s1. The van der Waals surface area contributed by atoms with Gasteiger partial charge in [-0.2, -0.15) is 5.06 Å². The summed E-state index contributed by atoms with van der Waals surface area (Å²) in [6.45, 7) is -0.200. The zero-order chi connectivity index (χ0) is 26.2. The van der Waals surface area contributed by atoms with Crippen LogP contribution in [0.2, 0.25) is 0 Å². The summed E-state index contributed by atoms with van der Waals surface area (Å²) in [4.78, 5) is 13.4. The number of anilines is 1. The Morgan fingerprint density at radius 2 is 1.78 bits per heavy atom. The summed E-state index contributed by atoms with van der Waals surface area (Å²) in [6, 6.07) is 7.49. The number of halogens is 1. The largest absolute Gasteiger partial charge is 0.494 e. The molecule has 2 atom stereocenters. The number of hydrogen-bond acceptors (Lipinski definition) is 11. The number of hydroxylamine groups is 2. The number of nitrogens with zero attached hydrogens (tertiary/aromatic N) is 6. The van der Waals surface area contributed by atoms with Crippen molar-refractivity contribution in [1.82, 2.24) is 29.8 Å². The molecule has 1 saturated heterocycles. The van der Waals surface area contributed by atoms with Crippen LogP contribution in [0, 0.1) is 5.82 Å². The van der Waals surface area contributed by atoms with E-state index in [1.165, 1.54) is 30.1 Å². The van der Waals surface area contributed by atoms with E-state index in [2.05, 4.69) is 24.9 Å². The Morgan fingerprint density at radius 1 is 1.08 bits per heavy atom. The Labute approximate surface area is 210 Å². The van der Waals surface area contributed by atoms with E-state index in [0.29, 0.717) is 22.9 Å². The van der Waals surface area contributed by atoms with Crippen molar-refractivity contribution in [2.75, 3.05) is 32.6 Å². The highest BCUT2D eigenvalue weighted by Crippen LogP contribution is 2.39. The average molecular weight is 532 g/mol. The van der Waals surface area contributed by atoms with Crippen LogP contribution < -0.4 is 14.2 Å². The van der Waals surface area contributed by atoms with Crippen molar-refractivity contribution < 1.29 is 31.5 Å². The van der Waals surface area contributed by atoms with Crippen LogP contribution in [-0.4, -0.2) is 71.3 Å². The van der Waals surface area contributed by atoms with E-state index in [0.717, 1.165) is 12.4 Å². The van der Waals surface area contributed by atoms with E-state index >= 15 is 0 Å². The smallest absolute Gasteiger partial charge is 0.243 e. The minimum absolute atomic E-state index is 0.0842.